The first-order valence-electron chi connectivity index (χ1n) is 4.56. The maximum atomic E-state index is 12.7. The molecule has 0 aliphatic rings. The molecule has 7 nitrogen and oxygen atoms in total. The molecule has 0 fully saturated rings. The van der Waals surface area contributed by atoms with Crippen LogP contribution in [-0.2, 0) is 4.79 Å². The lowest BCUT2D eigenvalue weighted by atomic mass is 10.2. The highest BCUT2D eigenvalue weighted by atomic mass is 19.3. The number of rotatable bonds is 5. The normalized spacial score (nSPS) is 12.7. The molecular weight excluding hydrogens is 240 g/mol. The summed E-state index contributed by atoms with van der Waals surface area (Å²) >= 11 is 0. The maximum Gasteiger partial charge on any atom is 0.316 e. The summed E-state index contributed by atoms with van der Waals surface area (Å²) in [6.07, 6.45) is -2.84. The Morgan fingerprint density at radius 2 is 2.29 bits per heavy atom. The highest BCUT2D eigenvalue weighted by Gasteiger charge is 2.30. The van der Waals surface area contributed by atoms with Crippen molar-refractivity contribution in [3.8, 4) is 0 Å². The van der Waals surface area contributed by atoms with Crippen molar-refractivity contribution in [1.82, 2.24) is 9.78 Å². The second kappa shape index (κ2) is 4.85. The average Bonchev–Trinajstić information content (AvgIpc) is 2.59. The fourth-order valence-electron chi connectivity index (χ4n) is 1.41. The fraction of sp³-hybridized carbons (Fsp3) is 0.500. The molecule has 1 atom stereocenters. The van der Waals surface area contributed by atoms with E-state index in [9.17, 15) is 23.7 Å². The standard InChI is InChI=1S/C8H9F2N3O4/c1-4(2-6(14)15)12-7(8(9)10)5(3-11-12)13(16)17/h3-4,8H,2H2,1H3,(H,14,15). The number of halogens is 2. The summed E-state index contributed by atoms with van der Waals surface area (Å²) in [7, 11) is 0. The van der Waals surface area contributed by atoms with Crippen LogP contribution in [0.5, 0.6) is 0 Å². The number of carboxylic acids is 1. The van der Waals surface area contributed by atoms with Crippen LogP contribution in [0.1, 0.15) is 31.5 Å². The molecule has 0 saturated carbocycles. The van der Waals surface area contributed by atoms with Crippen molar-refractivity contribution in [3.63, 3.8) is 0 Å². The van der Waals surface area contributed by atoms with Crippen LogP contribution in [0.25, 0.3) is 0 Å². The predicted molar refractivity (Wildman–Crippen MR) is 50.8 cm³/mol. The van der Waals surface area contributed by atoms with Crippen LogP contribution in [0.4, 0.5) is 14.5 Å². The molecule has 1 N–H and O–H groups in total. The van der Waals surface area contributed by atoms with Crippen molar-refractivity contribution in [1.29, 1.82) is 0 Å². The zero-order valence-corrected chi connectivity index (χ0v) is 8.71. The predicted octanol–water partition coefficient (Wildman–Crippen LogP) is 1.76. The molecule has 9 heteroatoms. The third kappa shape index (κ3) is 2.74. The molecule has 0 saturated heterocycles. The van der Waals surface area contributed by atoms with E-state index in [1.54, 1.807) is 0 Å². The van der Waals surface area contributed by atoms with Gasteiger partial charge < -0.3 is 5.11 Å². The van der Waals surface area contributed by atoms with E-state index >= 15 is 0 Å². The summed E-state index contributed by atoms with van der Waals surface area (Å²) in [6.45, 7) is 1.34. The summed E-state index contributed by atoms with van der Waals surface area (Å²) in [6, 6.07) is -0.884. The van der Waals surface area contributed by atoms with Gasteiger partial charge in [0.25, 0.3) is 6.43 Å². The highest BCUT2D eigenvalue weighted by Crippen LogP contribution is 2.31. The number of hydrogen-bond acceptors (Lipinski definition) is 4. The van der Waals surface area contributed by atoms with Crippen molar-refractivity contribution < 1.29 is 23.6 Å². The molecule has 0 radical (unpaired) electrons. The second-order valence-corrected chi connectivity index (χ2v) is 3.36. The lowest BCUT2D eigenvalue weighted by Gasteiger charge is -2.12. The van der Waals surface area contributed by atoms with Crippen LogP contribution in [0.15, 0.2) is 6.20 Å². The van der Waals surface area contributed by atoms with Gasteiger partial charge in [-0.1, -0.05) is 0 Å². The molecule has 94 valence electrons. The van der Waals surface area contributed by atoms with E-state index in [1.807, 2.05) is 0 Å². The van der Waals surface area contributed by atoms with Gasteiger partial charge in [0.2, 0.25) is 0 Å². The van der Waals surface area contributed by atoms with Gasteiger partial charge in [-0.25, -0.2) is 8.78 Å². The van der Waals surface area contributed by atoms with E-state index in [-0.39, 0.29) is 0 Å². The molecule has 0 aliphatic carbocycles. The summed E-state index contributed by atoms with van der Waals surface area (Å²) in [5, 5.41) is 22.5. The topological polar surface area (TPSA) is 98.3 Å². The van der Waals surface area contributed by atoms with Crippen molar-refractivity contribution in [2.45, 2.75) is 25.8 Å². The third-order valence-electron chi connectivity index (χ3n) is 2.10. The molecule has 0 bridgehead atoms. The van der Waals surface area contributed by atoms with Crippen molar-refractivity contribution in [2.24, 2.45) is 0 Å². The number of aliphatic carboxylic acids is 1. The Balaban J connectivity index is 3.16. The Labute approximate surface area is 93.8 Å². The summed E-state index contributed by atoms with van der Waals surface area (Å²) in [4.78, 5) is 20.0. The van der Waals surface area contributed by atoms with Gasteiger partial charge in [-0.3, -0.25) is 19.6 Å². The van der Waals surface area contributed by atoms with Crippen molar-refractivity contribution in [2.75, 3.05) is 0 Å². The van der Waals surface area contributed by atoms with E-state index in [1.165, 1.54) is 6.92 Å². The van der Waals surface area contributed by atoms with Gasteiger partial charge in [-0.2, -0.15) is 5.10 Å². The van der Waals surface area contributed by atoms with Crippen LogP contribution in [0, 0.1) is 10.1 Å². The Kier molecular flexibility index (Phi) is 3.71. The largest absolute Gasteiger partial charge is 0.481 e. The van der Waals surface area contributed by atoms with Gasteiger partial charge in [-0.05, 0) is 6.92 Å². The number of aromatic nitrogens is 2. The maximum absolute atomic E-state index is 12.7. The summed E-state index contributed by atoms with van der Waals surface area (Å²) < 4.78 is 26.0. The minimum Gasteiger partial charge on any atom is -0.481 e. The second-order valence-electron chi connectivity index (χ2n) is 3.36. The molecular formula is C8H9F2N3O4. The molecule has 0 amide bonds. The van der Waals surface area contributed by atoms with Crippen molar-refractivity contribution in [3.05, 3.63) is 22.0 Å². The SMILES string of the molecule is CC(CC(=O)O)n1ncc([N+](=O)[O-])c1C(F)F. The van der Waals surface area contributed by atoms with E-state index in [0.717, 1.165) is 0 Å². The number of nitrogens with zero attached hydrogens (tertiary/aromatic N) is 3. The third-order valence-corrected chi connectivity index (χ3v) is 2.10. The van der Waals surface area contributed by atoms with Gasteiger partial charge in [0.15, 0.2) is 5.69 Å². The van der Waals surface area contributed by atoms with Crippen LogP contribution in [-0.4, -0.2) is 25.8 Å². The Hall–Kier alpha value is -2.06. The number of carbonyl (C=O) groups is 1. The van der Waals surface area contributed by atoms with Crippen LogP contribution < -0.4 is 0 Å². The molecule has 1 aromatic rings. The highest BCUT2D eigenvalue weighted by molar-refractivity contribution is 5.67. The van der Waals surface area contributed by atoms with E-state index in [4.69, 9.17) is 5.11 Å². The zero-order valence-electron chi connectivity index (χ0n) is 8.71. The number of carboxylic acid groups (broad SMARTS) is 1. The molecule has 1 heterocycles. The lowest BCUT2D eigenvalue weighted by molar-refractivity contribution is -0.386. The first kappa shape index (κ1) is 13.0. The van der Waals surface area contributed by atoms with Crippen LogP contribution >= 0.6 is 0 Å². The average molecular weight is 249 g/mol. The van der Waals surface area contributed by atoms with E-state index in [2.05, 4.69) is 5.10 Å². The first-order valence-corrected chi connectivity index (χ1v) is 4.56. The van der Waals surface area contributed by atoms with Gasteiger partial charge in [0.05, 0.1) is 17.4 Å². The van der Waals surface area contributed by atoms with E-state index in [0.29, 0.717) is 10.9 Å². The Morgan fingerprint density at radius 3 is 2.71 bits per heavy atom. The number of hydrogen-bond donors (Lipinski definition) is 1. The molecule has 1 unspecified atom stereocenters. The van der Waals surface area contributed by atoms with Gasteiger partial charge in [0.1, 0.15) is 6.20 Å². The molecule has 0 aromatic carbocycles. The summed E-state index contributed by atoms with van der Waals surface area (Å²) in [5.41, 5.74) is -1.68. The van der Waals surface area contributed by atoms with Gasteiger partial charge >= 0.3 is 11.7 Å². The van der Waals surface area contributed by atoms with Crippen LogP contribution in [0.2, 0.25) is 0 Å². The Bertz CT molecular complexity index is 446. The van der Waals surface area contributed by atoms with Gasteiger partial charge in [0, 0.05) is 0 Å². The number of nitro groups is 1. The monoisotopic (exact) mass is 249 g/mol. The lowest BCUT2D eigenvalue weighted by Crippen LogP contribution is -2.15. The molecule has 0 spiro atoms. The zero-order chi connectivity index (χ0) is 13.2. The first-order chi connectivity index (χ1) is 7.84. The smallest absolute Gasteiger partial charge is 0.316 e. The fourth-order valence-corrected chi connectivity index (χ4v) is 1.41. The minimum absolute atomic E-state index is 0.446. The molecule has 1 rings (SSSR count). The van der Waals surface area contributed by atoms with Gasteiger partial charge in [-0.15, -0.1) is 0 Å². The molecule has 17 heavy (non-hydrogen) atoms. The van der Waals surface area contributed by atoms with Crippen LogP contribution in [0.3, 0.4) is 0 Å². The van der Waals surface area contributed by atoms with E-state index < -0.39 is 41.2 Å². The quantitative estimate of drug-likeness (QED) is 0.633. The minimum atomic E-state index is -3.09. The summed E-state index contributed by atoms with van der Waals surface area (Å²) in [5.74, 6) is -1.20. The Morgan fingerprint density at radius 1 is 1.71 bits per heavy atom. The molecule has 1 aromatic heterocycles. The number of alkyl halides is 2. The van der Waals surface area contributed by atoms with Crippen molar-refractivity contribution >= 4 is 11.7 Å². The molecule has 0 aliphatic heterocycles.